The lowest BCUT2D eigenvalue weighted by molar-refractivity contribution is -0.142. The molecule has 6 nitrogen and oxygen atoms in total. The third kappa shape index (κ3) is 4.76. The number of hydrogen-bond acceptors (Lipinski definition) is 5. The number of primary sulfonamides is 1. The molecular weight excluding hydrogens is 506 g/mol. The maximum Gasteiger partial charge on any atom is 0.433 e. The molecule has 0 atom stereocenters. The monoisotopic (exact) mass is 516 g/mol. The van der Waals surface area contributed by atoms with Gasteiger partial charge in [0.25, 0.3) is 0 Å². The molecule has 0 saturated carbocycles. The molecular formula is C20H10F6N4O2S2. The van der Waals surface area contributed by atoms with E-state index in [9.17, 15) is 34.8 Å². The van der Waals surface area contributed by atoms with Gasteiger partial charge in [0.1, 0.15) is 4.21 Å². The summed E-state index contributed by atoms with van der Waals surface area (Å²) in [5.74, 6) is 5.22. The van der Waals surface area contributed by atoms with Crippen LogP contribution in [0.3, 0.4) is 0 Å². The molecule has 3 aromatic heterocycles. The number of aromatic nitrogens is 3. The van der Waals surface area contributed by atoms with Crippen molar-refractivity contribution < 1.29 is 34.8 Å². The molecule has 0 bridgehead atoms. The van der Waals surface area contributed by atoms with Crippen LogP contribution in [0.2, 0.25) is 0 Å². The summed E-state index contributed by atoms with van der Waals surface area (Å²) >= 11 is 0.772. The third-order valence-corrected chi connectivity index (χ3v) is 6.89. The molecule has 2 N–H and O–H groups in total. The highest BCUT2D eigenvalue weighted by molar-refractivity contribution is 7.91. The van der Waals surface area contributed by atoms with Gasteiger partial charge in [-0.15, -0.1) is 11.3 Å². The Labute approximate surface area is 191 Å². The molecule has 0 fully saturated rings. The van der Waals surface area contributed by atoms with Crippen LogP contribution in [-0.4, -0.2) is 23.0 Å². The summed E-state index contributed by atoms with van der Waals surface area (Å²) in [4.78, 5) is 4.41. The Morgan fingerprint density at radius 1 is 0.941 bits per heavy atom. The van der Waals surface area contributed by atoms with Crippen molar-refractivity contribution in [1.82, 2.24) is 14.6 Å². The van der Waals surface area contributed by atoms with Gasteiger partial charge in [-0.1, -0.05) is 24.0 Å². The molecule has 176 valence electrons. The fourth-order valence-electron chi connectivity index (χ4n) is 2.90. The number of nitrogens with zero attached hydrogens (tertiary/aromatic N) is 3. The van der Waals surface area contributed by atoms with E-state index in [0.29, 0.717) is 10.6 Å². The first kappa shape index (κ1) is 23.7. The summed E-state index contributed by atoms with van der Waals surface area (Å²) in [6, 6.07) is 6.82. The van der Waals surface area contributed by atoms with Crippen molar-refractivity contribution in [3.63, 3.8) is 0 Å². The van der Waals surface area contributed by atoms with Crippen LogP contribution in [0, 0.1) is 11.8 Å². The summed E-state index contributed by atoms with van der Waals surface area (Å²) in [5.41, 5.74) is -2.65. The van der Waals surface area contributed by atoms with Gasteiger partial charge in [0.15, 0.2) is 11.3 Å². The molecule has 0 amide bonds. The van der Waals surface area contributed by atoms with Crippen LogP contribution in [0.4, 0.5) is 26.3 Å². The van der Waals surface area contributed by atoms with E-state index >= 15 is 0 Å². The van der Waals surface area contributed by atoms with Gasteiger partial charge in [-0.2, -0.15) is 31.4 Å². The Morgan fingerprint density at radius 3 is 2.18 bits per heavy atom. The smallest absolute Gasteiger partial charge is 0.227 e. The predicted octanol–water partition coefficient (Wildman–Crippen LogP) is 4.54. The minimum atomic E-state index is -4.85. The van der Waals surface area contributed by atoms with E-state index in [4.69, 9.17) is 5.14 Å². The van der Waals surface area contributed by atoms with Gasteiger partial charge in [-0.25, -0.2) is 23.1 Å². The first-order valence-corrected chi connectivity index (χ1v) is 11.4. The van der Waals surface area contributed by atoms with Crippen molar-refractivity contribution in [2.45, 2.75) is 16.6 Å². The fourth-order valence-corrected chi connectivity index (χ4v) is 4.48. The largest absolute Gasteiger partial charge is 0.433 e. The first-order valence-electron chi connectivity index (χ1n) is 9.02. The molecule has 14 heteroatoms. The van der Waals surface area contributed by atoms with Gasteiger partial charge >= 0.3 is 12.4 Å². The topological polar surface area (TPSA) is 90.4 Å². The molecule has 1 aromatic carbocycles. The van der Waals surface area contributed by atoms with E-state index in [-0.39, 0.29) is 31.6 Å². The molecule has 0 saturated heterocycles. The second-order valence-electron chi connectivity index (χ2n) is 6.81. The highest BCUT2D eigenvalue weighted by Crippen LogP contribution is 2.34. The van der Waals surface area contributed by atoms with Crippen LogP contribution in [-0.2, 0) is 22.4 Å². The zero-order chi connectivity index (χ0) is 24.9. The van der Waals surface area contributed by atoms with Gasteiger partial charge < -0.3 is 0 Å². The zero-order valence-electron chi connectivity index (χ0n) is 16.4. The van der Waals surface area contributed by atoms with Gasteiger partial charge in [0, 0.05) is 5.56 Å². The fraction of sp³-hybridized carbons (Fsp3) is 0.100. The number of thiophene rings is 1. The normalized spacial score (nSPS) is 12.6. The van der Waals surface area contributed by atoms with Gasteiger partial charge in [0.05, 0.1) is 27.9 Å². The van der Waals surface area contributed by atoms with E-state index in [1.165, 1.54) is 12.1 Å². The van der Waals surface area contributed by atoms with E-state index in [1.54, 1.807) is 0 Å². The zero-order valence-corrected chi connectivity index (χ0v) is 18.1. The van der Waals surface area contributed by atoms with Gasteiger partial charge in [-0.3, -0.25) is 0 Å². The molecule has 0 aliphatic heterocycles. The lowest BCUT2D eigenvalue weighted by Gasteiger charge is -2.12. The number of sulfonamides is 1. The van der Waals surface area contributed by atoms with Crippen LogP contribution in [0.5, 0.6) is 0 Å². The molecule has 0 aliphatic carbocycles. The highest BCUT2D eigenvalue weighted by Gasteiger charge is 2.36. The Balaban J connectivity index is 1.83. The lowest BCUT2D eigenvalue weighted by Crippen LogP contribution is -2.13. The number of fused-ring (bicyclic) bond motifs is 1. The molecule has 4 aromatic rings. The summed E-state index contributed by atoms with van der Waals surface area (Å²) in [5, 5.41) is 8.73. The van der Waals surface area contributed by atoms with Crippen molar-refractivity contribution in [1.29, 1.82) is 0 Å². The molecule has 34 heavy (non-hydrogen) atoms. The van der Waals surface area contributed by atoms with Gasteiger partial charge in [-0.05, 0) is 30.3 Å². The van der Waals surface area contributed by atoms with Crippen LogP contribution < -0.4 is 5.14 Å². The number of hydrogen-bond donors (Lipinski definition) is 1. The molecule has 0 unspecified atom stereocenters. The van der Waals surface area contributed by atoms with Crippen molar-refractivity contribution in [3.8, 4) is 23.1 Å². The average molecular weight is 516 g/mol. The minimum Gasteiger partial charge on any atom is -0.227 e. The number of halogens is 6. The van der Waals surface area contributed by atoms with Crippen molar-refractivity contribution >= 4 is 27.0 Å². The number of nitrogens with two attached hydrogens (primary N) is 1. The first-order chi connectivity index (χ1) is 15.7. The van der Waals surface area contributed by atoms with Crippen LogP contribution in [0.1, 0.15) is 21.7 Å². The molecule has 0 radical (unpaired) electrons. The summed E-state index contributed by atoms with van der Waals surface area (Å²) in [6.45, 7) is 0. The lowest BCUT2D eigenvalue weighted by atomic mass is 10.1. The van der Waals surface area contributed by atoms with Crippen LogP contribution in [0.15, 0.2) is 52.9 Å². The minimum absolute atomic E-state index is 0.00943. The van der Waals surface area contributed by atoms with E-state index in [1.807, 2.05) is 0 Å². The summed E-state index contributed by atoms with van der Waals surface area (Å²) in [6.07, 6.45) is -8.40. The van der Waals surface area contributed by atoms with E-state index < -0.39 is 33.6 Å². The molecule has 3 heterocycles. The second kappa shape index (κ2) is 8.12. The number of rotatable bonds is 2. The van der Waals surface area contributed by atoms with Crippen molar-refractivity contribution in [2.24, 2.45) is 5.14 Å². The quantitative estimate of drug-likeness (QED) is 0.313. The number of benzene rings is 1. The standard InChI is InChI=1S/C20H10F6N4O2S2/c21-19(22,23)13-4-1-11(2-5-13)15-9-16(20(24,25)26)30-18(29-15)12(10-28-30)3-6-14-7-8-17(33-14)34(27,31)32/h1-2,4-5,7-10H,(H2,27,31,32). The Hall–Kier alpha value is -3.41. The Morgan fingerprint density at radius 2 is 1.62 bits per heavy atom. The second-order valence-corrected chi connectivity index (χ2v) is 9.68. The summed E-state index contributed by atoms with van der Waals surface area (Å²) < 4.78 is 103. The van der Waals surface area contributed by atoms with Gasteiger partial charge in [0.2, 0.25) is 10.0 Å². The van der Waals surface area contributed by atoms with Crippen LogP contribution in [0.25, 0.3) is 16.9 Å². The van der Waals surface area contributed by atoms with E-state index in [0.717, 1.165) is 41.8 Å². The Bertz CT molecular complexity index is 1560. The van der Waals surface area contributed by atoms with E-state index in [2.05, 4.69) is 21.9 Å². The van der Waals surface area contributed by atoms with Crippen LogP contribution >= 0.6 is 11.3 Å². The summed E-state index contributed by atoms with van der Waals surface area (Å²) in [7, 11) is -3.93. The Kier molecular flexibility index (Phi) is 5.67. The molecule has 4 rings (SSSR count). The molecule has 0 spiro atoms. The maximum absolute atomic E-state index is 13.7. The average Bonchev–Trinajstić information content (AvgIpc) is 3.37. The number of alkyl halides is 6. The highest BCUT2D eigenvalue weighted by atomic mass is 32.2. The SMILES string of the molecule is NS(=O)(=O)c1ccc(C#Cc2cnn3c(C(F)(F)F)cc(-c4ccc(C(F)(F)F)cc4)nc23)s1. The van der Waals surface area contributed by atoms with Crippen molar-refractivity contribution in [2.75, 3.05) is 0 Å². The maximum atomic E-state index is 13.7. The third-order valence-electron chi connectivity index (χ3n) is 4.45. The predicted molar refractivity (Wildman–Crippen MR) is 110 cm³/mol. The molecule has 0 aliphatic rings. The van der Waals surface area contributed by atoms with Crippen molar-refractivity contribution in [3.05, 3.63) is 70.4 Å².